The van der Waals surface area contributed by atoms with E-state index in [4.69, 9.17) is 24.1 Å². The molecule has 1 amide bonds. The molecule has 4 rings (SSSR count). The molecule has 0 unspecified atom stereocenters. The third-order valence-electron chi connectivity index (χ3n) is 6.72. The van der Waals surface area contributed by atoms with Crippen LogP contribution in [0.15, 0.2) is 66.2 Å². The first-order valence-corrected chi connectivity index (χ1v) is 12.9. The number of carboxylic acid groups (broad SMARTS) is 1. The van der Waals surface area contributed by atoms with Gasteiger partial charge in [-0.25, -0.2) is 0 Å². The summed E-state index contributed by atoms with van der Waals surface area (Å²) in [7, 11) is 4.66. The molecule has 0 radical (unpaired) electrons. The zero-order valence-electron chi connectivity index (χ0n) is 23.1. The summed E-state index contributed by atoms with van der Waals surface area (Å²) in [6.45, 7) is 2.45. The minimum absolute atomic E-state index is 0.0186. The lowest BCUT2D eigenvalue weighted by Gasteiger charge is -2.15. The number of aliphatic carboxylic acids is 1. The maximum atomic E-state index is 13.0. The lowest BCUT2D eigenvalue weighted by Crippen LogP contribution is -2.22. The predicted octanol–water partition coefficient (Wildman–Crippen LogP) is 5.60. The third kappa shape index (κ3) is 6.46. The van der Waals surface area contributed by atoms with Crippen LogP contribution in [0.25, 0.3) is 17.2 Å². The molecule has 208 valence electrons. The van der Waals surface area contributed by atoms with Crippen LogP contribution in [-0.4, -0.2) is 44.9 Å². The largest absolute Gasteiger partial charge is 0.497 e. The smallest absolute Gasteiger partial charge is 0.306 e. The molecule has 1 aliphatic rings. The van der Waals surface area contributed by atoms with Crippen LogP contribution in [0, 0.1) is 0 Å². The van der Waals surface area contributed by atoms with Crippen LogP contribution < -0.4 is 24.3 Å². The van der Waals surface area contributed by atoms with E-state index in [1.807, 2.05) is 73.7 Å². The van der Waals surface area contributed by atoms with Crippen molar-refractivity contribution >= 4 is 29.1 Å². The number of hydrogen-bond donors (Lipinski definition) is 2. The first-order chi connectivity index (χ1) is 19.3. The molecule has 40 heavy (non-hydrogen) atoms. The second kappa shape index (κ2) is 12.9. The topological polar surface area (TPSA) is 103 Å². The van der Waals surface area contributed by atoms with Crippen LogP contribution in [-0.2, 0) is 16.1 Å². The van der Waals surface area contributed by atoms with E-state index in [0.29, 0.717) is 29.5 Å². The van der Waals surface area contributed by atoms with Crippen molar-refractivity contribution in [3.8, 4) is 23.0 Å². The standard InChI is InChI=1S/C32H33NO7/c1-20-25(14-22-15-28(38-3)32(29(16-22)39-4)40-13-12-31(35)36)24-11-10-23(37-2)17-27(24)26(20)18-30(34)33-19-21-8-6-5-7-9-21/h5-11,14-17H,12-13,18-19H2,1-4H3,(H,33,34)(H,35,36)/b25-14-. The Balaban J connectivity index is 1.68. The fourth-order valence-electron chi connectivity index (χ4n) is 4.67. The van der Waals surface area contributed by atoms with E-state index in [9.17, 15) is 9.59 Å². The molecule has 3 aromatic rings. The first kappa shape index (κ1) is 28.3. The molecule has 1 aliphatic carbocycles. The molecule has 3 aromatic carbocycles. The molecule has 0 aliphatic heterocycles. The number of amides is 1. The summed E-state index contributed by atoms with van der Waals surface area (Å²) in [5, 5.41) is 12.0. The van der Waals surface area contributed by atoms with Crippen LogP contribution in [0.3, 0.4) is 0 Å². The molecule has 8 nitrogen and oxygen atoms in total. The lowest BCUT2D eigenvalue weighted by molar-refractivity contribution is -0.137. The van der Waals surface area contributed by atoms with Gasteiger partial charge in [0.25, 0.3) is 0 Å². The van der Waals surface area contributed by atoms with E-state index >= 15 is 0 Å². The summed E-state index contributed by atoms with van der Waals surface area (Å²) in [5.74, 6) is 0.870. The number of carbonyl (C=O) groups excluding carboxylic acids is 1. The zero-order valence-corrected chi connectivity index (χ0v) is 23.1. The predicted molar refractivity (Wildman–Crippen MR) is 154 cm³/mol. The van der Waals surface area contributed by atoms with Crippen molar-refractivity contribution in [3.05, 3.63) is 88.5 Å². The maximum Gasteiger partial charge on any atom is 0.306 e. The van der Waals surface area contributed by atoms with Crippen molar-refractivity contribution in [2.45, 2.75) is 26.3 Å². The Kier molecular flexibility index (Phi) is 9.11. The van der Waals surface area contributed by atoms with Crippen molar-refractivity contribution in [1.29, 1.82) is 0 Å². The Labute approximate surface area is 233 Å². The van der Waals surface area contributed by atoms with Gasteiger partial charge in [-0.05, 0) is 76.2 Å². The Morgan fingerprint density at radius 2 is 1.60 bits per heavy atom. The quantitative estimate of drug-likeness (QED) is 0.307. The van der Waals surface area contributed by atoms with Gasteiger partial charge < -0.3 is 29.4 Å². The third-order valence-corrected chi connectivity index (χ3v) is 6.72. The Bertz CT molecular complexity index is 1430. The fraction of sp³-hybridized carbons (Fsp3) is 0.250. The van der Waals surface area contributed by atoms with Crippen molar-refractivity contribution in [3.63, 3.8) is 0 Å². The van der Waals surface area contributed by atoms with E-state index < -0.39 is 5.97 Å². The summed E-state index contributed by atoms with van der Waals surface area (Å²) < 4.78 is 22.3. The monoisotopic (exact) mass is 543 g/mol. The minimum Gasteiger partial charge on any atom is -0.497 e. The molecular formula is C32H33NO7. The number of ether oxygens (including phenoxy) is 4. The van der Waals surface area contributed by atoms with E-state index in [-0.39, 0.29) is 25.4 Å². The highest BCUT2D eigenvalue weighted by Crippen LogP contribution is 2.46. The SMILES string of the molecule is COc1ccc2c(c1)C(CC(=O)NCc1ccccc1)=C(C)/C2=C/c1cc(OC)c(OCCC(=O)O)c(OC)c1. The van der Waals surface area contributed by atoms with Gasteiger partial charge in [-0.2, -0.15) is 0 Å². The Hall–Kier alpha value is -4.72. The number of nitrogens with one attached hydrogen (secondary N) is 1. The molecule has 0 saturated heterocycles. The second-order valence-corrected chi connectivity index (χ2v) is 9.26. The van der Waals surface area contributed by atoms with Gasteiger partial charge in [0, 0.05) is 6.54 Å². The lowest BCUT2D eigenvalue weighted by atomic mass is 10.00. The van der Waals surface area contributed by atoms with Crippen molar-refractivity contribution in [2.75, 3.05) is 27.9 Å². The van der Waals surface area contributed by atoms with E-state index in [1.54, 1.807) is 7.11 Å². The van der Waals surface area contributed by atoms with E-state index in [0.717, 1.165) is 39.0 Å². The molecule has 8 heteroatoms. The van der Waals surface area contributed by atoms with Crippen molar-refractivity contribution in [1.82, 2.24) is 5.32 Å². The zero-order chi connectivity index (χ0) is 28.6. The van der Waals surface area contributed by atoms with Gasteiger partial charge in [0.2, 0.25) is 11.7 Å². The van der Waals surface area contributed by atoms with Crippen LogP contribution >= 0.6 is 0 Å². The van der Waals surface area contributed by atoms with E-state index in [1.165, 1.54) is 14.2 Å². The number of carboxylic acids is 1. The van der Waals surface area contributed by atoms with Crippen molar-refractivity contribution in [2.24, 2.45) is 0 Å². The van der Waals surface area contributed by atoms with Gasteiger partial charge >= 0.3 is 5.97 Å². The maximum absolute atomic E-state index is 13.0. The van der Waals surface area contributed by atoms with Crippen LogP contribution in [0.1, 0.15) is 42.0 Å². The normalized spacial score (nSPS) is 13.2. The van der Waals surface area contributed by atoms with Gasteiger partial charge in [0.05, 0.1) is 40.8 Å². The number of hydrogen-bond acceptors (Lipinski definition) is 6. The molecule has 0 aromatic heterocycles. The minimum atomic E-state index is -0.956. The Morgan fingerprint density at radius 1 is 0.900 bits per heavy atom. The number of fused-ring (bicyclic) bond motifs is 1. The van der Waals surface area contributed by atoms with Crippen LogP contribution in [0.4, 0.5) is 0 Å². The summed E-state index contributed by atoms with van der Waals surface area (Å²) >= 11 is 0. The molecule has 0 saturated carbocycles. The Morgan fingerprint density at radius 3 is 2.23 bits per heavy atom. The fourth-order valence-corrected chi connectivity index (χ4v) is 4.67. The van der Waals surface area contributed by atoms with Gasteiger partial charge in [0.1, 0.15) is 5.75 Å². The summed E-state index contributed by atoms with van der Waals surface area (Å²) in [6, 6.07) is 19.3. The number of allylic oxidation sites excluding steroid dienone is 2. The molecule has 0 spiro atoms. The highest BCUT2D eigenvalue weighted by Gasteiger charge is 2.26. The van der Waals surface area contributed by atoms with Gasteiger partial charge in [0.15, 0.2) is 11.5 Å². The van der Waals surface area contributed by atoms with E-state index in [2.05, 4.69) is 5.32 Å². The molecule has 0 atom stereocenters. The number of methoxy groups -OCH3 is 3. The molecule has 0 bridgehead atoms. The highest BCUT2D eigenvalue weighted by molar-refractivity contribution is 6.08. The average Bonchev–Trinajstić information content (AvgIpc) is 3.21. The summed E-state index contributed by atoms with van der Waals surface area (Å²) in [6.07, 6.45) is 2.09. The number of benzene rings is 3. The highest BCUT2D eigenvalue weighted by atomic mass is 16.5. The first-order valence-electron chi connectivity index (χ1n) is 12.9. The van der Waals surface area contributed by atoms with Crippen LogP contribution in [0.5, 0.6) is 23.0 Å². The van der Waals surface area contributed by atoms with Gasteiger partial charge in [-0.3, -0.25) is 9.59 Å². The molecule has 0 fully saturated rings. The van der Waals surface area contributed by atoms with Crippen LogP contribution in [0.2, 0.25) is 0 Å². The molecule has 0 heterocycles. The summed E-state index contributed by atoms with van der Waals surface area (Å²) in [5.41, 5.74) is 6.65. The number of rotatable bonds is 12. The molecule has 2 N–H and O–H groups in total. The molecular weight excluding hydrogens is 510 g/mol. The van der Waals surface area contributed by atoms with Gasteiger partial charge in [-0.15, -0.1) is 0 Å². The van der Waals surface area contributed by atoms with Crippen molar-refractivity contribution < 1.29 is 33.6 Å². The number of carbonyl (C=O) groups is 2. The summed E-state index contributed by atoms with van der Waals surface area (Å²) in [4.78, 5) is 23.9. The average molecular weight is 544 g/mol. The second-order valence-electron chi connectivity index (χ2n) is 9.26. The van der Waals surface area contributed by atoms with Gasteiger partial charge in [-0.1, -0.05) is 36.4 Å².